The fourth-order valence-corrected chi connectivity index (χ4v) is 3.33. The van der Waals surface area contributed by atoms with E-state index in [-0.39, 0.29) is 5.91 Å². The third-order valence-corrected chi connectivity index (χ3v) is 5.01. The lowest BCUT2D eigenvalue weighted by Crippen LogP contribution is -2.24. The van der Waals surface area contributed by atoms with Gasteiger partial charge >= 0.3 is 0 Å². The molecule has 0 radical (unpaired) electrons. The molecule has 0 spiro atoms. The molecule has 4 nitrogen and oxygen atoms in total. The zero-order valence-electron chi connectivity index (χ0n) is 15.0. The van der Waals surface area contributed by atoms with Crippen molar-refractivity contribution in [3.05, 3.63) is 64.4 Å². The van der Waals surface area contributed by atoms with Gasteiger partial charge in [0, 0.05) is 16.6 Å². The number of hydrogen-bond acceptors (Lipinski definition) is 2. The maximum atomic E-state index is 12.4. The number of benzene rings is 2. The van der Waals surface area contributed by atoms with Crippen molar-refractivity contribution >= 4 is 32.9 Å². The highest BCUT2D eigenvalue weighted by molar-refractivity contribution is 9.10. The van der Waals surface area contributed by atoms with Crippen LogP contribution in [0.5, 0.6) is 0 Å². The quantitative estimate of drug-likeness (QED) is 0.508. The molecule has 1 amide bonds. The molecule has 0 saturated heterocycles. The van der Waals surface area contributed by atoms with Gasteiger partial charge in [0.2, 0.25) is 0 Å². The Morgan fingerprint density at radius 3 is 2.62 bits per heavy atom. The number of nitrogens with one attached hydrogen (secondary N) is 1. The summed E-state index contributed by atoms with van der Waals surface area (Å²) in [4.78, 5) is 17.1. The molecule has 0 fully saturated rings. The van der Waals surface area contributed by atoms with Crippen LogP contribution in [0.1, 0.15) is 48.8 Å². The number of hydrogen-bond donors (Lipinski definition) is 1. The van der Waals surface area contributed by atoms with Gasteiger partial charge in [-0.1, -0.05) is 54.2 Å². The van der Waals surface area contributed by atoms with Crippen molar-refractivity contribution in [1.82, 2.24) is 14.9 Å². The molecule has 0 aliphatic heterocycles. The predicted molar refractivity (Wildman–Crippen MR) is 109 cm³/mol. The van der Waals surface area contributed by atoms with Gasteiger partial charge in [-0.05, 0) is 42.8 Å². The molecule has 26 heavy (non-hydrogen) atoms. The highest BCUT2D eigenvalue weighted by Gasteiger charge is 2.12. The van der Waals surface area contributed by atoms with Gasteiger partial charge < -0.3 is 9.88 Å². The van der Waals surface area contributed by atoms with Gasteiger partial charge in [0.15, 0.2) is 0 Å². The number of carbonyl (C=O) groups is 1. The summed E-state index contributed by atoms with van der Waals surface area (Å²) < 4.78 is 3.20. The smallest absolute Gasteiger partial charge is 0.251 e. The Bertz CT molecular complexity index is 871. The number of imidazole rings is 1. The van der Waals surface area contributed by atoms with Crippen LogP contribution in [0.3, 0.4) is 0 Å². The minimum Gasteiger partial charge on any atom is -0.345 e. The molecule has 0 atom stereocenters. The molecule has 0 aliphatic carbocycles. The van der Waals surface area contributed by atoms with Crippen LogP contribution < -0.4 is 5.32 Å². The van der Waals surface area contributed by atoms with E-state index in [1.807, 2.05) is 42.5 Å². The Morgan fingerprint density at radius 2 is 1.85 bits per heavy atom. The zero-order valence-corrected chi connectivity index (χ0v) is 16.6. The summed E-state index contributed by atoms with van der Waals surface area (Å²) in [6.45, 7) is 3.58. The lowest BCUT2D eigenvalue weighted by molar-refractivity contribution is 0.0949. The molecule has 1 heterocycles. The van der Waals surface area contributed by atoms with Crippen LogP contribution in [-0.2, 0) is 13.1 Å². The molecule has 0 saturated carbocycles. The van der Waals surface area contributed by atoms with E-state index in [4.69, 9.17) is 4.98 Å². The Labute approximate surface area is 162 Å². The molecule has 0 bridgehead atoms. The lowest BCUT2D eigenvalue weighted by Gasteiger charge is -2.10. The van der Waals surface area contributed by atoms with Crippen molar-refractivity contribution in [3.8, 4) is 0 Å². The first-order valence-electron chi connectivity index (χ1n) is 9.17. The summed E-state index contributed by atoms with van der Waals surface area (Å²) in [5, 5.41) is 3.00. The van der Waals surface area contributed by atoms with Crippen molar-refractivity contribution in [1.29, 1.82) is 0 Å². The zero-order chi connectivity index (χ0) is 18.4. The average molecular weight is 414 g/mol. The van der Waals surface area contributed by atoms with E-state index in [1.54, 1.807) is 0 Å². The maximum Gasteiger partial charge on any atom is 0.251 e. The minimum absolute atomic E-state index is 0.0814. The second-order valence-corrected chi connectivity index (χ2v) is 7.33. The van der Waals surface area contributed by atoms with E-state index in [0.29, 0.717) is 12.1 Å². The number of amides is 1. The molecular formula is C21H24BrN3O. The van der Waals surface area contributed by atoms with E-state index in [1.165, 1.54) is 19.3 Å². The number of para-hydroxylation sites is 2. The summed E-state index contributed by atoms with van der Waals surface area (Å²) >= 11 is 3.39. The van der Waals surface area contributed by atoms with Crippen molar-refractivity contribution in [3.63, 3.8) is 0 Å². The number of rotatable bonds is 8. The summed E-state index contributed by atoms with van der Waals surface area (Å²) in [5.74, 6) is 0.829. The first-order valence-corrected chi connectivity index (χ1v) is 9.96. The van der Waals surface area contributed by atoms with Crippen LogP contribution in [0, 0.1) is 0 Å². The molecule has 5 heteroatoms. The second kappa shape index (κ2) is 8.99. The Balaban J connectivity index is 1.73. The fraction of sp³-hybridized carbons (Fsp3) is 0.333. The molecule has 3 rings (SSSR count). The molecule has 0 aliphatic rings. The molecule has 136 valence electrons. The van der Waals surface area contributed by atoms with Crippen molar-refractivity contribution in [2.45, 2.75) is 45.7 Å². The number of halogens is 1. The average Bonchev–Trinajstić information content (AvgIpc) is 3.01. The topological polar surface area (TPSA) is 46.9 Å². The van der Waals surface area contributed by atoms with E-state index in [2.05, 4.69) is 38.8 Å². The monoisotopic (exact) mass is 413 g/mol. The Morgan fingerprint density at radius 1 is 1.08 bits per heavy atom. The summed E-state index contributed by atoms with van der Waals surface area (Å²) in [6, 6.07) is 15.5. The number of carbonyl (C=O) groups excluding carboxylic acids is 1. The van der Waals surface area contributed by atoms with Gasteiger partial charge in [-0.15, -0.1) is 0 Å². The van der Waals surface area contributed by atoms with Crippen LogP contribution in [0.15, 0.2) is 53.0 Å². The fourth-order valence-electron chi connectivity index (χ4n) is 3.07. The highest BCUT2D eigenvalue weighted by Crippen LogP contribution is 2.18. The number of aromatic nitrogens is 2. The number of aryl methyl sites for hydroxylation is 1. The van der Waals surface area contributed by atoms with E-state index >= 15 is 0 Å². The predicted octanol–water partition coefficient (Wildman–Crippen LogP) is 5.31. The van der Waals surface area contributed by atoms with Crippen LogP contribution in [-0.4, -0.2) is 15.5 Å². The van der Waals surface area contributed by atoms with Crippen LogP contribution >= 0.6 is 15.9 Å². The standard InChI is InChI=1S/C21H24BrN3O/c1-2-3-4-7-14-25-19-9-6-5-8-18(19)24-20(25)15-23-21(26)16-10-12-17(22)13-11-16/h5-6,8-13H,2-4,7,14-15H2,1H3,(H,23,26). The number of unbranched alkanes of at least 4 members (excludes halogenated alkanes) is 3. The van der Waals surface area contributed by atoms with Gasteiger partial charge in [0.05, 0.1) is 17.6 Å². The van der Waals surface area contributed by atoms with Gasteiger partial charge in [-0.25, -0.2) is 4.98 Å². The summed E-state index contributed by atoms with van der Waals surface area (Å²) in [5.41, 5.74) is 2.77. The van der Waals surface area contributed by atoms with Gasteiger partial charge in [-0.3, -0.25) is 4.79 Å². The van der Waals surface area contributed by atoms with Crippen molar-refractivity contribution in [2.75, 3.05) is 0 Å². The minimum atomic E-state index is -0.0814. The number of nitrogens with zero attached hydrogens (tertiary/aromatic N) is 2. The van der Waals surface area contributed by atoms with E-state index in [9.17, 15) is 4.79 Å². The van der Waals surface area contributed by atoms with Crippen LogP contribution in [0.4, 0.5) is 0 Å². The van der Waals surface area contributed by atoms with E-state index < -0.39 is 0 Å². The number of fused-ring (bicyclic) bond motifs is 1. The first-order chi connectivity index (χ1) is 12.7. The Hall–Kier alpha value is -2.14. The lowest BCUT2D eigenvalue weighted by atomic mass is 10.2. The third-order valence-electron chi connectivity index (χ3n) is 4.48. The SMILES string of the molecule is CCCCCCn1c(CNC(=O)c2ccc(Br)cc2)nc2ccccc21. The molecule has 0 unspecified atom stereocenters. The van der Waals surface area contributed by atoms with E-state index in [0.717, 1.165) is 34.3 Å². The molecule has 2 aromatic carbocycles. The van der Waals surface area contributed by atoms with Crippen LogP contribution in [0.2, 0.25) is 0 Å². The van der Waals surface area contributed by atoms with Gasteiger partial charge in [0.25, 0.3) is 5.91 Å². The van der Waals surface area contributed by atoms with Crippen LogP contribution in [0.25, 0.3) is 11.0 Å². The summed E-state index contributed by atoms with van der Waals surface area (Å²) in [6.07, 6.45) is 4.82. The van der Waals surface area contributed by atoms with Gasteiger partial charge in [-0.2, -0.15) is 0 Å². The van der Waals surface area contributed by atoms with Crippen molar-refractivity contribution in [2.24, 2.45) is 0 Å². The molecule has 1 aromatic heterocycles. The third kappa shape index (κ3) is 4.52. The summed E-state index contributed by atoms with van der Waals surface area (Å²) in [7, 11) is 0. The first kappa shape index (κ1) is 18.6. The molecule has 1 N–H and O–H groups in total. The maximum absolute atomic E-state index is 12.4. The largest absolute Gasteiger partial charge is 0.345 e. The Kier molecular flexibility index (Phi) is 6.45. The highest BCUT2D eigenvalue weighted by atomic mass is 79.9. The molecular weight excluding hydrogens is 390 g/mol. The van der Waals surface area contributed by atoms with Gasteiger partial charge in [0.1, 0.15) is 5.82 Å². The van der Waals surface area contributed by atoms with Crippen molar-refractivity contribution < 1.29 is 4.79 Å². The molecule has 3 aromatic rings. The second-order valence-electron chi connectivity index (χ2n) is 6.42. The normalized spacial score (nSPS) is 11.0.